The van der Waals surface area contributed by atoms with Crippen LogP contribution in [0.25, 0.3) is 11.0 Å². The van der Waals surface area contributed by atoms with Gasteiger partial charge < -0.3 is 15.0 Å². The van der Waals surface area contributed by atoms with Crippen molar-refractivity contribution in [3.05, 3.63) is 59.4 Å². The molecule has 0 unspecified atom stereocenters. The zero-order valence-electron chi connectivity index (χ0n) is 21.6. The first kappa shape index (κ1) is 30.3. The molecule has 3 aromatic rings. The number of unbranched alkanes of at least 4 members (excludes halogenated alkanes) is 2. The van der Waals surface area contributed by atoms with Gasteiger partial charge in [-0.1, -0.05) is 37.6 Å². The fourth-order valence-corrected chi connectivity index (χ4v) is 5.61. The number of carbonyl (C=O) groups is 1. The third kappa shape index (κ3) is 7.53. The smallest absolute Gasteiger partial charge is 0.305 e. The lowest BCUT2D eigenvalue weighted by molar-refractivity contribution is -0.143. The van der Waals surface area contributed by atoms with Crippen LogP contribution < -0.4 is 5.73 Å². The summed E-state index contributed by atoms with van der Waals surface area (Å²) in [6.07, 6.45) is 3.02. The number of aromatic nitrogens is 2. The van der Waals surface area contributed by atoms with Crippen LogP contribution in [0.15, 0.2) is 47.4 Å². The predicted molar refractivity (Wildman–Crippen MR) is 148 cm³/mol. The molecule has 0 saturated heterocycles. The van der Waals surface area contributed by atoms with Gasteiger partial charge in [0.15, 0.2) is 0 Å². The Morgan fingerprint density at radius 1 is 1.11 bits per heavy atom. The van der Waals surface area contributed by atoms with Crippen LogP contribution in [0.2, 0.25) is 0 Å². The second-order valence-electron chi connectivity index (χ2n) is 8.64. The highest BCUT2D eigenvalue weighted by Gasteiger charge is 2.24. The van der Waals surface area contributed by atoms with Gasteiger partial charge in [0.2, 0.25) is 10.0 Å². The van der Waals surface area contributed by atoms with Crippen molar-refractivity contribution in [2.75, 3.05) is 19.7 Å². The number of nitrogens with zero attached hydrogens (tertiary/aromatic N) is 3. The van der Waals surface area contributed by atoms with Crippen LogP contribution in [0.1, 0.15) is 56.5 Å². The molecule has 3 rings (SSSR count). The van der Waals surface area contributed by atoms with Crippen LogP contribution in [0.4, 0.5) is 0 Å². The summed E-state index contributed by atoms with van der Waals surface area (Å²) in [4.78, 5) is 16.4. The van der Waals surface area contributed by atoms with Gasteiger partial charge in [0.25, 0.3) is 0 Å². The van der Waals surface area contributed by atoms with Gasteiger partial charge in [-0.05, 0) is 43.5 Å². The Kier molecular flexibility index (Phi) is 11.1. The molecule has 11 heteroatoms. The molecule has 1 aromatic heterocycles. The van der Waals surface area contributed by atoms with E-state index in [1.807, 2.05) is 30.7 Å². The van der Waals surface area contributed by atoms with Crippen LogP contribution in [0.3, 0.4) is 0 Å². The maximum atomic E-state index is 13.3. The summed E-state index contributed by atoms with van der Waals surface area (Å²) in [6, 6.07) is 12.5. The number of amidine groups is 1. The fourth-order valence-electron chi connectivity index (χ4n) is 4.10. The van der Waals surface area contributed by atoms with Crippen LogP contribution in [-0.2, 0) is 33.0 Å². The maximum Gasteiger partial charge on any atom is 0.305 e. The molecule has 2 aromatic carbocycles. The highest BCUT2D eigenvalue weighted by molar-refractivity contribution is 7.89. The number of ether oxygens (including phenoxy) is 1. The average Bonchev–Trinajstić information content (AvgIpc) is 3.16. The number of halogens is 1. The predicted octanol–water partition coefficient (Wildman–Crippen LogP) is 4.00. The SMILES string of the molecule is CCOC(=O)CCCCCN(CC)S(=O)(=O)c1ccc2c(c1)nc(Cc1ccc(C(=N)N)cc1)n2C.Cl. The summed E-state index contributed by atoms with van der Waals surface area (Å²) in [5, 5.41) is 7.53. The molecule has 0 aliphatic rings. The van der Waals surface area contributed by atoms with Crippen LogP contribution in [-0.4, -0.2) is 53.8 Å². The molecule has 0 aliphatic heterocycles. The lowest BCUT2D eigenvalue weighted by Crippen LogP contribution is -2.31. The number of nitrogen functional groups attached to an aromatic ring is 1. The molecule has 0 atom stereocenters. The highest BCUT2D eigenvalue weighted by Crippen LogP contribution is 2.24. The number of imidazole rings is 1. The third-order valence-corrected chi connectivity index (χ3v) is 8.13. The van der Waals surface area contributed by atoms with Crippen molar-refractivity contribution >= 4 is 45.3 Å². The zero-order valence-corrected chi connectivity index (χ0v) is 23.2. The quantitative estimate of drug-likeness (QED) is 0.143. The number of fused-ring (bicyclic) bond motifs is 1. The second kappa shape index (κ2) is 13.6. The first-order valence-electron chi connectivity index (χ1n) is 12.2. The maximum absolute atomic E-state index is 13.3. The minimum absolute atomic E-state index is 0. The molecule has 1 heterocycles. The van der Waals surface area contributed by atoms with Gasteiger partial charge in [-0.25, -0.2) is 13.4 Å². The molecule has 0 spiro atoms. The third-order valence-electron chi connectivity index (χ3n) is 6.16. The van der Waals surface area contributed by atoms with Crippen LogP contribution >= 0.6 is 12.4 Å². The van der Waals surface area contributed by atoms with Crippen molar-refractivity contribution in [3.8, 4) is 0 Å². The summed E-state index contributed by atoms with van der Waals surface area (Å²) in [7, 11) is -1.76. The largest absolute Gasteiger partial charge is 0.466 e. The molecule has 202 valence electrons. The molecule has 0 amide bonds. The summed E-state index contributed by atoms with van der Waals surface area (Å²) < 4.78 is 35.0. The van der Waals surface area contributed by atoms with E-state index < -0.39 is 10.0 Å². The Labute approximate surface area is 225 Å². The van der Waals surface area contributed by atoms with E-state index in [0.717, 1.165) is 23.3 Å². The first-order valence-corrected chi connectivity index (χ1v) is 13.7. The normalized spacial score (nSPS) is 11.5. The van der Waals surface area contributed by atoms with Gasteiger partial charge in [0.1, 0.15) is 11.7 Å². The number of benzene rings is 2. The summed E-state index contributed by atoms with van der Waals surface area (Å²) >= 11 is 0. The Balaban J connectivity index is 0.00000481. The van der Waals surface area contributed by atoms with Crippen molar-refractivity contribution in [2.45, 2.75) is 50.8 Å². The zero-order chi connectivity index (χ0) is 26.3. The Morgan fingerprint density at radius 2 is 1.81 bits per heavy atom. The van der Waals surface area contributed by atoms with Crippen molar-refractivity contribution in [2.24, 2.45) is 12.8 Å². The van der Waals surface area contributed by atoms with Crippen molar-refractivity contribution < 1.29 is 17.9 Å². The summed E-state index contributed by atoms with van der Waals surface area (Å²) in [5.41, 5.74) is 8.69. The van der Waals surface area contributed by atoms with E-state index in [-0.39, 0.29) is 29.1 Å². The number of carbonyl (C=O) groups excluding carboxylic acids is 1. The van der Waals surface area contributed by atoms with E-state index in [1.54, 1.807) is 37.3 Å². The molecule has 0 fully saturated rings. The summed E-state index contributed by atoms with van der Waals surface area (Å²) in [6.45, 7) is 4.73. The van der Waals surface area contributed by atoms with E-state index in [4.69, 9.17) is 20.9 Å². The molecule has 3 N–H and O–H groups in total. The van der Waals surface area contributed by atoms with Crippen molar-refractivity contribution in [1.82, 2.24) is 13.9 Å². The monoisotopic (exact) mass is 549 g/mol. The number of nitrogens with two attached hydrogens (primary N) is 1. The lowest BCUT2D eigenvalue weighted by atomic mass is 10.1. The molecule has 37 heavy (non-hydrogen) atoms. The topological polar surface area (TPSA) is 131 Å². The van der Waals surface area contributed by atoms with Crippen molar-refractivity contribution in [1.29, 1.82) is 5.41 Å². The standard InChI is InChI=1S/C26H35N5O4S.ClH/c1-4-31(16-8-6-7-9-25(32)35-5-2)36(33,34)21-14-15-23-22(18-21)29-24(30(23)3)17-19-10-12-20(13-11-19)26(27)28;/h10-15,18H,4-9,16-17H2,1-3H3,(H3,27,28);1H. The molecular weight excluding hydrogens is 514 g/mol. The number of esters is 1. The van der Waals surface area contributed by atoms with E-state index >= 15 is 0 Å². The van der Waals surface area contributed by atoms with Gasteiger partial charge in [-0.15, -0.1) is 12.4 Å². The molecule has 0 bridgehead atoms. The Bertz CT molecular complexity index is 1320. The minimum atomic E-state index is -3.67. The number of hydrogen-bond donors (Lipinski definition) is 2. The number of sulfonamides is 1. The van der Waals surface area contributed by atoms with Gasteiger partial charge in [-0.3, -0.25) is 10.2 Å². The molecular formula is C26H36ClN5O4S. The summed E-state index contributed by atoms with van der Waals surface area (Å²) in [5.74, 6) is 0.619. The Morgan fingerprint density at radius 3 is 2.43 bits per heavy atom. The fraction of sp³-hybridized carbons (Fsp3) is 0.423. The highest BCUT2D eigenvalue weighted by atomic mass is 35.5. The van der Waals surface area contributed by atoms with E-state index in [9.17, 15) is 13.2 Å². The van der Waals surface area contributed by atoms with Gasteiger partial charge >= 0.3 is 5.97 Å². The lowest BCUT2D eigenvalue weighted by Gasteiger charge is -2.20. The molecule has 0 aliphatic carbocycles. The van der Waals surface area contributed by atoms with E-state index in [1.165, 1.54) is 4.31 Å². The number of aryl methyl sites for hydroxylation is 1. The van der Waals surface area contributed by atoms with E-state index in [2.05, 4.69) is 0 Å². The molecule has 0 radical (unpaired) electrons. The number of hydrogen-bond acceptors (Lipinski definition) is 6. The second-order valence-corrected chi connectivity index (χ2v) is 10.6. The number of nitrogens with one attached hydrogen (secondary N) is 1. The molecule has 0 saturated carbocycles. The number of rotatable bonds is 13. The first-order chi connectivity index (χ1) is 17.2. The van der Waals surface area contributed by atoms with Gasteiger partial charge in [0.05, 0.1) is 22.5 Å². The Hall–Kier alpha value is -2.95. The van der Waals surface area contributed by atoms with Gasteiger partial charge in [-0.2, -0.15) is 4.31 Å². The van der Waals surface area contributed by atoms with Crippen LogP contribution in [0, 0.1) is 5.41 Å². The van der Waals surface area contributed by atoms with Crippen molar-refractivity contribution in [3.63, 3.8) is 0 Å². The molecule has 9 nitrogen and oxygen atoms in total. The minimum Gasteiger partial charge on any atom is -0.466 e. The van der Waals surface area contributed by atoms with Crippen LogP contribution in [0.5, 0.6) is 0 Å². The average molecular weight is 550 g/mol. The van der Waals surface area contributed by atoms with E-state index in [0.29, 0.717) is 56.5 Å². The van der Waals surface area contributed by atoms with Gasteiger partial charge in [0, 0.05) is 38.5 Å².